The van der Waals surface area contributed by atoms with E-state index in [1.807, 2.05) is 48.7 Å². The Hall–Kier alpha value is -4.01. The van der Waals surface area contributed by atoms with Crippen molar-refractivity contribution in [2.45, 2.75) is 39.7 Å². The minimum Gasteiger partial charge on any atom is -0.356 e. The van der Waals surface area contributed by atoms with E-state index in [0.29, 0.717) is 38.0 Å². The predicted molar refractivity (Wildman–Crippen MR) is 125 cm³/mol. The fourth-order valence-corrected chi connectivity index (χ4v) is 4.24. The van der Waals surface area contributed by atoms with Crippen molar-refractivity contribution in [3.63, 3.8) is 0 Å². The van der Waals surface area contributed by atoms with E-state index in [1.165, 1.54) is 9.08 Å². The maximum absolute atomic E-state index is 12.4. The molecule has 33 heavy (non-hydrogen) atoms. The Balaban J connectivity index is 1.19. The molecule has 0 saturated carbocycles. The van der Waals surface area contributed by atoms with Crippen molar-refractivity contribution in [2.75, 3.05) is 6.54 Å². The molecule has 0 aliphatic carbocycles. The number of aromatic nitrogens is 6. The molecule has 168 valence electrons. The maximum atomic E-state index is 12.4. The Morgan fingerprint density at radius 3 is 2.73 bits per heavy atom. The standard InChI is InChI=1S/C24H25N7O2/c1-16-18(17(2)31-23(26-16)19-8-3-4-9-20(19)27-31)11-12-22(32)25-13-7-15-30-24(33)29-14-6-5-10-21(29)28-30/h3-6,8-10,14H,7,11-13,15H2,1-2H3,(H,25,32). The van der Waals surface area contributed by atoms with Crippen LogP contribution in [0.25, 0.3) is 22.2 Å². The minimum absolute atomic E-state index is 0.0260. The molecule has 0 bridgehead atoms. The lowest BCUT2D eigenvalue weighted by Gasteiger charge is -2.11. The van der Waals surface area contributed by atoms with Gasteiger partial charge in [0, 0.05) is 42.5 Å². The normalized spacial score (nSPS) is 11.6. The number of aryl methyl sites for hydroxylation is 3. The first-order valence-electron chi connectivity index (χ1n) is 11.1. The second kappa shape index (κ2) is 8.50. The number of carbonyl (C=O) groups excluding carboxylic acids is 1. The highest BCUT2D eigenvalue weighted by molar-refractivity contribution is 5.92. The predicted octanol–water partition coefficient (Wildman–Crippen LogP) is 2.45. The van der Waals surface area contributed by atoms with Crippen LogP contribution in [0.3, 0.4) is 0 Å². The maximum Gasteiger partial charge on any atom is 0.350 e. The first-order chi connectivity index (χ1) is 16.0. The summed E-state index contributed by atoms with van der Waals surface area (Å²) in [5.74, 6) is -0.0260. The van der Waals surface area contributed by atoms with E-state index in [2.05, 4.69) is 15.5 Å². The molecule has 4 heterocycles. The van der Waals surface area contributed by atoms with Gasteiger partial charge in [-0.15, -0.1) is 5.10 Å². The van der Waals surface area contributed by atoms with E-state index in [0.717, 1.165) is 33.5 Å². The number of nitrogens with one attached hydrogen (secondary N) is 1. The van der Waals surface area contributed by atoms with Crippen LogP contribution in [0, 0.1) is 13.8 Å². The average molecular weight is 444 g/mol. The van der Waals surface area contributed by atoms with Gasteiger partial charge in [0.2, 0.25) is 5.91 Å². The van der Waals surface area contributed by atoms with E-state index in [-0.39, 0.29) is 11.6 Å². The Morgan fingerprint density at radius 2 is 1.88 bits per heavy atom. The summed E-state index contributed by atoms with van der Waals surface area (Å²) in [5, 5.41) is 12.9. The van der Waals surface area contributed by atoms with E-state index >= 15 is 0 Å². The van der Waals surface area contributed by atoms with Gasteiger partial charge < -0.3 is 5.32 Å². The summed E-state index contributed by atoms with van der Waals surface area (Å²) in [4.78, 5) is 29.5. The van der Waals surface area contributed by atoms with Gasteiger partial charge in [0.15, 0.2) is 11.3 Å². The summed E-state index contributed by atoms with van der Waals surface area (Å²) < 4.78 is 4.82. The van der Waals surface area contributed by atoms with Crippen LogP contribution < -0.4 is 11.0 Å². The van der Waals surface area contributed by atoms with Gasteiger partial charge in [-0.05, 0) is 56.5 Å². The fraction of sp³-hybridized carbons (Fsp3) is 0.292. The van der Waals surface area contributed by atoms with Crippen molar-refractivity contribution in [3.05, 3.63) is 76.1 Å². The van der Waals surface area contributed by atoms with Crippen molar-refractivity contribution < 1.29 is 4.79 Å². The van der Waals surface area contributed by atoms with Gasteiger partial charge in [0.1, 0.15) is 0 Å². The number of fused-ring (bicyclic) bond motifs is 4. The highest BCUT2D eigenvalue weighted by atomic mass is 16.2. The zero-order valence-electron chi connectivity index (χ0n) is 18.7. The van der Waals surface area contributed by atoms with Crippen molar-refractivity contribution in [2.24, 2.45) is 0 Å². The van der Waals surface area contributed by atoms with Gasteiger partial charge in [0.25, 0.3) is 0 Å². The molecule has 0 fully saturated rings. The molecule has 0 spiro atoms. The molecule has 9 nitrogen and oxygen atoms in total. The molecule has 1 N–H and O–H groups in total. The van der Waals surface area contributed by atoms with Gasteiger partial charge >= 0.3 is 5.69 Å². The summed E-state index contributed by atoms with van der Waals surface area (Å²) in [7, 11) is 0. The molecule has 1 amide bonds. The molecule has 0 radical (unpaired) electrons. The third kappa shape index (κ3) is 3.86. The highest BCUT2D eigenvalue weighted by Crippen LogP contribution is 2.22. The van der Waals surface area contributed by atoms with Crippen LogP contribution >= 0.6 is 0 Å². The largest absolute Gasteiger partial charge is 0.356 e. The van der Waals surface area contributed by atoms with Gasteiger partial charge in [-0.25, -0.2) is 19.0 Å². The second-order valence-corrected chi connectivity index (χ2v) is 8.15. The van der Waals surface area contributed by atoms with Crippen LogP contribution in [0.2, 0.25) is 0 Å². The zero-order valence-corrected chi connectivity index (χ0v) is 18.7. The summed E-state index contributed by atoms with van der Waals surface area (Å²) >= 11 is 0. The molecule has 4 aromatic heterocycles. The molecular weight excluding hydrogens is 418 g/mol. The van der Waals surface area contributed by atoms with E-state index in [1.54, 1.807) is 18.3 Å². The Bertz CT molecular complexity index is 1540. The number of carbonyl (C=O) groups is 1. The second-order valence-electron chi connectivity index (χ2n) is 8.15. The average Bonchev–Trinajstić information content (AvgIpc) is 3.35. The van der Waals surface area contributed by atoms with Crippen LogP contribution in [0.1, 0.15) is 29.8 Å². The number of hydrogen-bond acceptors (Lipinski definition) is 5. The summed E-state index contributed by atoms with van der Waals surface area (Å²) in [6.45, 7) is 4.94. The first kappa shape index (κ1) is 20.9. The van der Waals surface area contributed by atoms with Crippen LogP contribution in [0.5, 0.6) is 0 Å². The van der Waals surface area contributed by atoms with Gasteiger partial charge in [-0.2, -0.15) is 5.10 Å². The van der Waals surface area contributed by atoms with E-state index in [4.69, 9.17) is 4.98 Å². The van der Waals surface area contributed by atoms with Gasteiger partial charge in [0.05, 0.1) is 5.52 Å². The molecule has 5 aromatic rings. The molecular formula is C24H25N7O2. The Labute approximate surface area is 189 Å². The van der Waals surface area contributed by atoms with Crippen molar-refractivity contribution in [1.29, 1.82) is 0 Å². The summed E-state index contributed by atoms with van der Waals surface area (Å²) in [6, 6.07) is 13.4. The van der Waals surface area contributed by atoms with Gasteiger partial charge in [-0.3, -0.25) is 9.20 Å². The summed E-state index contributed by atoms with van der Waals surface area (Å²) in [6.07, 6.45) is 3.28. The van der Waals surface area contributed by atoms with Crippen molar-refractivity contribution in [1.82, 2.24) is 34.1 Å². The van der Waals surface area contributed by atoms with E-state index in [9.17, 15) is 9.59 Å². The van der Waals surface area contributed by atoms with Crippen LogP contribution in [-0.4, -0.2) is 41.2 Å². The molecule has 0 aliphatic rings. The molecule has 5 rings (SSSR count). The summed E-state index contributed by atoms with van der Waals surface area (Å²) in [5.41, 5.74) is 5.17. The van der Waals surface area contributed by atoms with Crippen LogP contribution in [-0.2, 0) is 17.8 Å². The molecule has 0 unspecified atom stereocenters. The Morgan fingerprint density at radius 1 is 1.06 bits per heavy atom. The number of nitrogens with zero attached hydrogens (tertiary/aromatic N) is 6. The van der Waals surface area contributed by atoms with Gasteiger partial charge in [-0.1, -0.05) is 18.2 Å². The molecule has 0 saturated heterocycles. The highest BCUT2D eigenvalue weighted by Gasteiger charge is 2.15. The van der Waals surface area contributed by atoms with Crippen LogP contribution in [0.15, 0.2) is 53.5 Å². The first-order valence-corrected chi connectivity index (χ1v) is 11.1. The van der Waals surface area contributed by atoms with Crippen molar-refractivity contribution in [3.8, 4) is 0 Å². The lowest BCUT2D eigenvalue weighted by molar-refractivity contribution is -0.121. The number of benzene rings is 1. The third-order valence-corrected chi connectivity index (χ3v) is 5.98. The fourth-order valence-electron chi connectivity index (χ4n) is 4.24. The zero-order chi connectivity index (χ0) is 22.9. The van der Waals surface area contributed by atoms with E-state index < -0.39 is 0 Å². The van der Waals surface area contributed by atoms with Crippen LogP contribution in [0.4, 0.5) is 0 Å². The molecule has 1 aromatic carbocycles. The quantitative estimate of drug-likeness (QED) is 0.390. The Kier molecular flexibility index (Phi) is 5.37. The number of hydrogen-bond donors (Lipinski definition) is 1. The molecule has 9 heteroatoms. The number of amides is 1. The minimum atomic E-state index is -0.169. The smallest absolute Gasteiger partial charge is 0.350 e. The number of rotatable bonds is 7. The monoisotopic (exact) mass is 443 g/mol. The lowest BCUT2D eigenvalue weighted by atomic mass is 10.1. The topological polar surface area (TPSA) is 98.6 Å². The third-order valence-electron chi connectivity index (χ3n) is 5.98. The lowest BCUT2D eigenvalue weighted by Crippen LogP contribution is -2.27. The number of pyridine rings is 1. The van der Waals surface area contributed by atoms with Crippen molar-refractivity contribution >= 4 is 28.1 Å². The SMILES string of the molecule is Cc1nc2c3ccccc3nn2c(C)c1CCC(=O)NCCCn1nc2ccccn2c1=O. The molecule has 0 atom stereocenters. The molecule has 0 aliphatic heterocycles.